The molecular formula is C34H62O. The molecule has 2 atom stereocenters. The molecule has 1 aromatic carbocycles. The lowest BCUT2D eigenvalue weighted by molar-refractivity contribution is 0.441. The molecular weight excluding hydrogens is 424 g/mol. The molecule has 1 nitrogen and oxygen atoms in total. The van der Waals surface area contributed by atoms with Gasteiger partial charge in [-0.25, -0.2) is 0 Å². The number of benzene rings is 1. The summed E-state index contributed by atoms with van der Waals surface area (Å²) in [6.07, 6.45) is 27.9. The predicted octanol–water partition coefficient (Wildman–Crippen LogP) is 12.0. The number of hydrogen-bond acceptors (Lipinski definition) is 1. The largest absolute Gasteiger partial charge is 0.507 e. The van der Waals surface area contributed by atoms with Crippen LogP contribution in [0, 0.1) is 0 Å². The average molecular weight is 487 g/mol. The highest BCUT2D eigenvalue weighted by Gasteiger charge is 2.19. The molecule has 0 bridgehead atoms. The predicted molar refractivity (Wildman–Crippen MR) is 158 cm³/mol. The quantitative estimate of drug-likeness (QED) is 0.152. The molecule has 0 heterocycles. The second kappa shape index (κ2) is 21.1. The fourth-order valence-corrected chi connectivity index (χ4v) is 5.50. The van der Waals surface area contributed by atoms with E-state index in [4.69, 9.17) is 0 Å². The lowest BCUT2D eigenvalue weighted by Crippen LogP contribution is -2.03. The minimum absolute atomic E-state index is 0.450. The van der Waals surface area contributed by atoms with Gasteiger partial charge in [-0.1, -0.05) is 156 Å². The maximum absolute atomic E-state index is 11.3. The average Bonchev–Trinajstić information content (AvgIpc) is 2.86. The molecule has 0 fully saturated rings. The molecule has 0 saturated carbocycles. The Hall–Kier alpha value is -0.980. The van der Waals surface area contributed by atoms with Gasteiger partial charge in [0.15, 0.2) is 0 Å². The van der Waals surface area contributed by atoms with Gasteiger partial charge in [0.05, 0.1) is 0 Å². The molecule has 0 spiro atoms. The summed E-state index contributed by atoms with van der Waals surface area (Å²) in [6, 6.07) is 4.68. The van der Waals surface area contributed by atoms with Gasteiger partial charge in [0.2, 0.25) is 0 Å². The van der Waals surface area contributed by atoms with Crippen molar-refractivity contribution in [3.05, 3.63) is 28.8 Å². The van der Waals surface area contributed by atoms with E-state index in [2.05, 4.69) is 46.8 Å². The lowest BCUT2D eigenvalue weighted by atomic mass is 9.85. The van der Waals surface area contributed by atoms with E-state index in [-0.39, 0.29) is 0 Å². The van der Waals surface area contributed by atoms with Crippen LogP contribution in [0.15, 0.2) is 12.1 Å². The Morgan fingerprint density at radius 2 is 0.857 bits per heavy atom. The Balaban J connectivity index is 2.61. The lowest BCUT2D eigenvalue weighted by Gasteiger charge is -2.21. The number of phenolic OH excluding ortho intramolecular Hbond substituents is 1. The van der Waals surface area contributed by atoms with Crippen molar-refractivity contribution < 1.29 is 5.11 Å². The maximum atomic E-state index is 11.3. The zero-order valence-electron chi connectivity index (χ0n) is 24.6. The van der Waals surface area contributed by atoms with Crippen molar-refractivity contribution in [1.82, 2.24) is 0 Å². The van der Waals surface area contributed by atoms with Crippen LogP contribution in [0.3, 0.4) is 0 Å². The van der Waals surface area contributed by atoms with Crippen LogP contribution in [0.4, 0.5) is 0 Å². The second-order valence-electron chi connectivity index (χ2n) is 11.6. The molecule has 1 N–H and O–H groups in total. The third-order valence-electron chi connectivity index (χ3n) is 8.09. The van der Waals surface area contributed by atoms with E-state index >= 15 is 0 Å². The van der Waals surface area contributed by atoms with Gasteiger partial charge >= 0.3 is 0 Å². The summed E-state index contributed by atoms with van der Waals surface area (Å²) < 4.78 is 0. The van der Waals surface area contributed by atoms with Gasteiger partial charge in [-0.15, -0.1) is 0 Å². The van der Waals surface area contributed by atoms with Gasteiger partial charge in [-0.2, -0.15) is 0 Å². The molecule has 204 valence electrons. The topological polar surface area (TPSA) is 20.2 Å². The summed E-state index contributed by atoms with van der Waals surface area (Å²) in [6.45, 7) is 11.5. The summed E-state index contributed by atoms with van der Waals surface area (Å²) in [4.78, 5) is 0. The van der Waals surface area contributed by atoms with Crippen molar-refractivity contribution in [3.8, 4) is 5.75 Å². The van der Waals surface area contributed by atoms with Crippen LogP contribution in [0.5, 0.6) is 5.75 Å². The van der Waals surface area contributed by atoms with Gasteiger partial charge in [0, 0.05) is 0 Å². The van der Waals surface area contributed by atoms with E-state index in [1.807, 2.05) is 0 Å². The minimum Gasteiger partial charge on any atom is -0.507 e. The summed E-state index contributed by atoms with van der Waals surface area (Å²) in [5.41, 5.74) is 3.89. The molecule has 0 aliphatic carbocycles. The highest BCUT2D eigenvalue weighted by atomic mass is 16.3. The van der Waals surface area contributed by atoms with Gasteiger partial charge < -0.3 is 5.11 Å². The Kier molecular flexibility index (Phi) is 19.4. The molecule has 0 aliphatic heterocycles. The van der Waals surface area contributed by atoms with Crippen molar-refractivity contribution in [3.63, 3.8) is 0 Å². The number of unbranched alkanes of at least 4 members (excludes halogenated alkanes) is 15. The normalized spacial score (nSPS) is 13.3. The van der Waals surface area contributed by atoms with Crippen LogP contribution < -0.4 is 0 Å². The summed E-state index contributed by atoms with van der Waals surface area (Å²) in [5.74, 6) is 1.51. The minimum atomic E-state index is 0.450. The Morgan fingerprint density at radius 3 is 1.23 bits per heavy atom. The second-order valence-corrected chi connectivity index (χ2v) is 11.6. The smallest absolute Gasteiger partial charge is 0.122 e. The maximum Gasteiger partial charge on any atom is 0.122 e. The van der Waals surface area contributed by atoms with Crippen LogP contribution in [-0.4, -0.2) is 5.11 Å². The molecule has 0 aromatic heterocycles. The van der Waals surface area contributed by atoms with Crippen LogP contribution in [-0.2, 0) is 6.42 Å². The van der Waals surface area contributed by atoms with Gasteiger partial charge in [-0.3, -0.25) is 0 Å². The zero-order chi connectivity index (χ0) is 25.7. The first-order valence-corrected chi connectivity index (χ1v) is 15.9. The Labute approximate surface area is 220 Å². The van der Waals surface area contributed by atoms with Crippen molar-refractivity contribution in [2.45, 2.75) is 181 Å². The first kappa shape index (κ1) is 32.0. The summed E-state index contributed by atoms with van der Waals surface area (Å²) in [7, 11) is 0. The third kappa shape index (κ3) is 14.4. The fraction of sp³-hybridized carbons (Fsp3) is 0.824. The van der Waals surface area contributed by atoms with Crippen molar-refractivity contribution in [2.24, 2.45) is 0 Å². The van der Waals surface area contributed by atoms with Crippen molar-refractivity contribution >= 4 is 0 Å². The fourth-order valence-electron chi connectivity index (χ4n) is 5.50. The summed E-state index contributed by atoms with van der Waals surface area (Å²) in [5, 5.41) is 11.3. The molecule has 2 unspecified atom stereocenters. The van der Waals surface area contributed by atoms with E-state index in [0.717, 1.165) is 6.42 Å². The monoisotopic (exact) mass is 486 g/mol. The molecule has 1 heteroatoms. The molecule has 0 saturated heterocycles. The van der Waals surface area contributed by atoms with E-state index in [1.54, 1.807) is 0 Å². The van der Waals surface area contributed by atoms with E-state index < -0.39 is 0 Å². The Bertz CT molecular complexity index is 572. The molecule has 0 radical (unpaired) electrons. The molecule has 1 rings (SSSR count). The SMILES string of the molecule is CCCCCCCCCCC(C)c1cc(CCCC)cc(C(C)CCCCCCCCCC)c1O. The highest BCUT2D eigenvalue weighted by molar-refractivity contribution is 5.47. The highest BCUT2D eigenvalue weighted by Crippen LogP contribution is 2.39. The van der Waals surface area contributed by atoms with Gasteiger partial charge in [0.1, 0.15) is 5.75 Å². The standard InChI is InChI=1S/C34H62O/c1-6-9-12-14-16-18-20-22-24-29(4)32-27-31(26-11-8-3)28-33(34(32)35)30(5)25-23-21-19-17-15-13-10-7-2/h27-30,35H,6-26H2,1-5H3. The molecule has 0 aliphatic rings. The first-order chi connectivity index (χ1) is 17.0. The van der Waals surface area contributed by atoms with Gasteiger partial charge in [-0.05, 0) is 54.2 Å². The van der Waals surface area contributed by atoms with Gasteiger partial charge in [0.25, 0.3) is 0 Å². The number of hydrogen-bond donors (Lipinski definition) is 1. The first-order valence-electron chi connectivity index (χ1n) is 15.9. The molecule has 1 aromatic rings. The zero-order valence-corrected chi connectivity index (χ0v) is 24.6. The number of phenols is 1. The number of rotatable bonds is 23. The van der Waals surface area contributed by atoms with Crippen LogP contribution in [0.1, 0.15) is 192 Å². The molecule has 35 heavy (non-hydrogen) atoms. The van der Waals surface area contributed by atoms with Crippen LogP contribution in [0.25, 0.3) is 0 Å². The van der Waals surface area contributed by atoms with Crippen LogP contribution in [0.2, 0.25) is 0 Å². The number of aryl methyl sites for hydroxylation is 1. The number of aromatic hydroxyl groups is 1. The van der Waals surface area contributed by atoms with E-state index in [9.17, 15) is 5.11 Å². The Morgan fingerprint density at radius 1 is 0.514 bits per heavy atom. The molecule has 0 amide bonds. The van der Waals surface area contributed by atoms with Crippen LogP contribution >= 0.6 is 0 Å². The van der Waals surface area contributed by atoms with Crippen molar-refractivity contribution in [2.75, 3.05) is 0 Å². The van der Waals surface area contributed by atoms with E-state index in [1.165, 1.54) is 145 Å². The van der Waals surface area contributed by atoms with Crippen molar-refractivity contribution in [1.29, 1.82) is 0 Å². The summed E-state index contributed by atoms with van der Waals surface area (Å²) >= 11 is 0. The third-order valence-corrected chi connectivity index (χ3v) is 8.09. The van der Waals surface area contributed by atoms with E-state index in [0.29, 0.717) is 17.6 Å².